The van der Waals surface area contributed by atoms with E-state index in [0.29, 0.717) is 18.5 Å². The molecule has 0 spiro atoms. The van der Waals surface area contributed by atoms with Crippen LogP contribution in [0.25, 0.3) is 10.9 Å². The van der Waals surface area contributed by atoms with Gasteiger partial charge in [-0.15, -0.1) is 0 Å². The Morgan fingerprint density at radius 2 is 2.10 bits per heavy atom. The highest BCUT2D eigenvalue weighted by Gasteiger charge is 2.27. The second-order valence-electron chi connectivity index (χ2n) is 4.52. The summed E-state index contributed by atoms with van der Waals surface area (Å²) in [5, 5.41) is 0.961. The minimum Gasteiger partial charge on any atom is -0.273 e. The average Bonchev–Trinajstić information content (AvgIpc) is 2.49. The average molecular weight is 287 g/mol. The van der Waals surface area contributed by atoms with Crippen LogP contribution in [0, 0.1) is 0 Å². The van der Waals surface area contributed by atoms with Gasteiger partial charge in [-0.25, -0.2) is 0 Å². The highest BCUT2D eigenvalue weighted by atomic mass is 35.5. The monoisotopic (exact) mass is 286 g/mol. The number of para-hydroxylation sites is 1. The molecule has 0 saturated heterocycles. The predicted molar refractivity (Wildman–Crippen MR) is 76.3 cm³/mol. The van der Waals surface area contributed by atoms with E-state index in [4.69, 9.17) is 11.6 Å². The maximum atomic E-state index is 12.4. The number of carbonyl (C=O) groups excluding carboxylic acids is 2. The van der Waals surface area contributed by atoms with Gasteiger partial charge >= 0.3 is 0 Å². The van der Waals surface area contributed by atoms with Crippen molar-refractivity contribution in [1.29, 1.82) is 0 Å². The molecule has 2 amide bonds. The van der Waals surface area contributed by atoms with Gasteiger partial charge in [0.05, 0.1) is 11.1 Å². The van der Waals surface area contributed by atoms with Crippen molar-refractivity contribution in [3.63, 3.8) is 0 Å². The van der Waals surface area contributed by atoms with Crippen LogP contribution in [0.3, 0.4) is 0 Å². The van der Waals surface area contributed by atoms with Crippen molar-refractivity contribution in [3.8, 4) is 0 Å². The molecule has 0 fully saturated rings. The molecular weight excluding hydrogens is 276 g/mol. The number of hydrogen-bond donors (Lipinski definition) is 0. The van der Waals surface area contributed by atoms with Crippen LogP contribution < -0.4 is 0 Å². The number of rotatable bonds is 1. The maximum Gasteiger partial charge on any atom is 0.271 e. The fourth-order valence-corrected chi connectivity index (χ4v) is 2.39. The number of amides is 2. The van der Waals surface area contributed by atoms with Gasteiger partial charge in [0.2, 0.25) is 0 Å². The van der Waals surface area contributed by atoms with Crippen molar-refractivity contribution in [2.24, 2.45) is 0 Å². The van der Waals surface area contributed by atoms with Crippen molar-refractivity contribution in [2.45, 2.75) is 6.42 Å². The Kier molecular flexibility index (Phi) is 3.24. The summed E-state index contributed by atoms with van der Waals surface area (Å²) in [4.78, 5) is 29.7. The van der Waals surface area contributed by atoms with E-state index in [9.17, 15) is 9.59 Å². The molecule has 0 unspecified atom stereocenters. The highest BCUT2D eigenvalue weighted by molar-refractivity contribution is 6.43. The van der Waals surface area contributed by atoms with Crippen molar-refractivity contribution < 1.29 is 9.59 Å². The number of pyridine rings is 1. The van der Waals surface area contributed by atoms with Gasteiger partial charge in [-0.05, 0) is 18.6 Å². The Bertz CT molecular complexity index is 739. The van der Waals surface area contributed by atoms with Crippen LogP contribution in [0.5, 0.6) is 0 Å². The molecule has 2 heterocycles. The second kappa shape index (κ2) is 5.06. The largest absolute Gasteiger partial charge is 0.273 e. The summed E-state index contributed by atoms with van der Waals surface area (Å²) >= 11 is 5.79. The van der Waals surface area contributed by atoms with Crippen molar-refractivity contribution in [2.75, 3.05) is 6.54 Å². The fourth-order valence-electron chi connectivity index (χ4n) is 2.18. The number of carbonyl (C=O) groups is 2. The number of halogens is 1. The predicted octanol–water partition coefficient (Wildman–Crippen LogP) is 2.73. The van der Waals surface area contributed by atoms with Crippen molar-refractivity contribution >= 4 is 34.3 Å². The highest BCUT2D eigenvalue weighted by Crippen LogP contribution is 2.19. The lowest BCUT2D eigenvalue weighted by atomic mass is 10.1. The van der Waals surface area contributed by atoms with E-state index in [0.717, 1.165) is 15.8 Å². The van der Waals surface area contributed by atoms with E-state index in [1.54, 1.807) is 12.1 Å². The molecule has 1 aromatic heterocycles. The Morgan fingerprint density at radius 3 is 2.95 bits per heavy atom. The molecule has 0 atom stereocenters. The van der Waals surface area contributed by atoms with Gasteiger partial charge < -0.3 is 0 Å². The Morgan fingerprint density at radius 1 is 1.30 bits per heavy atom. The molecule has 100 valence electrons. The van der Waals surface area contributed by atoms with E-state index in [1.807, 2.05) is 24.3 Å². The van der Waals surface area contributed by atoms with Gasteiger partial charge in [-0.3, -0.25) is 19.5 Å². The lowest BCUT2D eigenvalue weighted by molar-refractivity contribution is -0.124. The normalized spacial score (nSPS) is 15.3. The van der Waals surface area contributed by atoms with E-state index in [1.165, 1.54) is 6.20 Å². The maximum absolute atomic E-state index is 12.4. The number of benzene rings is 1. The number of hydrogen-bond acceptors (Lipinski definition) is 3. The lowest BCUT2D eigenvalue weighted by Crippen LogP contribution is -2.39. The summed E-state index contributed by atoms with van der Waals surface area (Å²) in [5.41, 5.74) is 1.20. The standard InChI is InChI=1S/C15H11ClN2O2/c16-12-5-3-7-18(15(12)20)14(19)11-8-10-4-1-2-6-13(10)17-9-11/h1-2,4-6,8-9H,3,7H2. The molecule has 0 saturated carbocycles. The van der Waals surface area contributed by atoms with Gasteiger partial charge in [0.25, 0.3) is 11.8 Å². The third-order valence-electron chi connectivity index (χ3n) is 3.21. The van der Waals surface area contributed by atoms with Gasteiger partial charge in [-0.1, -0.05) is 35.9 Å². The Hall–Kier alpha value is -2.20. The molecule has 0 N–H and O–H groups in total. The molecule has 5 heteroatoms. The molecule has 0 bridgehead atoms. The summed E-state index contributed by atoms with van der Waals surface area (Å²) in [6, 6.07) is 9.25. The first-order valence-electron chi connectivity index (χ1n) is 6.23. The van der Waals surface area contributed by atoms with Gasteiger partial charge in [0.15, 0.2) is 0 Å². The van der Waals surface area contributed by atoms with E-state index < -0.39 is 5.91 Å². The molecule has 1 aliphatic rings. The number of imide groups is 1. The number of aromatic nitrogens is 1. The summed E-state index contributed by atoms with van der Waals surface area (Å²) in [5.74, 6) is -0.810. The smallest absolute Gasteiger partial charge is 0.271 e. The quantitative estimate of drug-likeness (QED) is 0.758. The first-order valence-corrected chi connectivity index (χ1v) is 6.61. The molecule has 2 aromatic rings. The van der Waals surface area contributed by atoms with Crippen LogP contribution in [-0.4, -0.2) is 28.2 Å². The molecule has 1 aromatic carbocycles. The van der Waals surface area contributed by atoms with Crippen molar-refractivity contribution in [1.82, 2.24) is 9.88 Å². The first-order chi connectivity index (χ1) is 9.66. The number of fused-ring (bicyclic) bond motifs is 1. The minimum absolute atomic E-state index is 0.0957. The Balaban J connectivity index is 1.96. The third kappa shape index (κ3) is 2.18. The van der Waals surface area contributed by atoms with Crippen LogP contribution in [0.2, 0.25) is 0 Å². The zero-order chi connectivity index (χ0) is 14.1. The zero-order valence-electron chi connectivity index (χ0n) is 10.5. The first kappa shape index (κ1) is 12.8. The molecule has 4 nitrogen and oxygen atoms in total. The lowest BCUT2D eigenvalue weighted by Gasteiger charge is -2.23. The summed E-state index contributed by atoms with van der Waals surface area (Å²) in [7, 11) is 0. The van der Waals surface area contributed by atoms with E-state index in [-0.39, 0.29) is 10.9 Å². The number of nitrogens with zero attached hydrogens (tertiary/aromatic N) is 2. The fraction of sp³-hybridized carbons (Fsp3) is 0.133. The molecule has 0 radical (unpaired) electrons. The summed E-state index contributed by atoms with van der Waals surface area (Å²) < 4.78 is 0. The van der Waals surface area contributed by atoms with Crippen LogP contribution >= 0.6 is 11.6 Å². The van der Waals surface area contributed by atoms with Crippen LogP contribution in [0.15, 0.2) is 47.6 Å². The van der Waals surface area contributed by atoms with Crippen molar-refractivity contribution in [3.05, 3.63) is 53.2 Å². The molecule has 0 aliphatic carbocycles. The van der Waals surface area contributed by atoms with Gasteiger partial charge in [0.1, 0.15) is 5.03 Å². The molecule has 20 heavy (non-hydrogen) atoms. The summed E-state index contributed by atoms with van der Waals surface area (Å²) in [6.07, 6.45) is 3.70. The minimum atomic E-state index is -0.448. The zero-order valence-corrected chi connectivity index (χ0v) is 11.3. The van der Waals surface area contributed by atoms with Crippen LogP contribution in [0.1, 0.15) is 16.8 Å². The molecular formula is C15H11ClN2O2. The van der Waals surface area contributed by atoms with Crippen LogP contribution in [0.4, 0.5) is 0 Å². The van der Waals surface area contributed by atoms with Gasteiger partial charge in [0, 0.05) is 18.1 Å². The van der Waals surface area contributed by atoms with E-state index >= 15 is 0 Å². The molecule has 3 rings (SSSR count). The third-order valence-corrected chi connectivity index (χ3v) is 3.52. The topological polar surface area (TPSA) is 50.3 Å². The Labute approximate surface area is 120 Å². The van der Waals surface area contributed by atoms with Crippen LogP contribution in [-0.2, 0) is 4.79 Å². The van der Waals surface area contributed by atoms with E-state index in [2.05, 4.69) is 4.98 Å². The second-order valence-corrected chi connectivity index (χ2v) is 4.93. The van der Waals surface area contributed by atoms with Gasteiger partial charge in [-0.2, -0.15) is 0 Å². The molecule has 1 aliphatic heterocycles. The summed E-state index contributed by atoms with van der Waals surface area (Å²) in [6.45, 7) is 0.348. The SMILES string of the molecule is O=C1C(Cl)=CCCN1C(=O)c1cnc2ccccc2c1.